The van der Waals surface area contributed by atoms with Gasteiger partial charge in [-0.2, -0.15) is 0 Å². The number of aryl methyl sites for hydroxylation is 2. The van der Waals surface area contributed by atoms with Crippen molar-refractivity contribution in [3.8, 4) is 0 Å². The van der Waals surface area contributed by atoms with Gasteiger partial charge in [0.15, 0.2) is 0 Å². The van der Waals surface area contributed by atoms with Gasteiger partial charge >= 0.3 is 0 Å². The molecule has 18 heavy (non-hydrogen) atoms. The number of nitrogens with one attached hydrogen (secondary N) is 2. The Hall–Kier alpha value is -0.140. The Morgan fingerprint density at radius 3 is 2.44 bits per heavy atom. The molecule has 0 aliphatic rings. The van der Waals surface area contributed by atoms with Crippen LogP contribution in [0.15, 0.2) is 11.0 Å². The summed E-state index contributed by atoms with van der Waals surface area (Å²) in [4.78, 5) is 2.26. The van der Waals surface area contributed by atoms with Gasteiger partial charge in [-0.25, -0.2) is 13.1 Å². The van der Waals surface area contributed by atoms with Crippen molar-refractivity contribution in [1.82, 2.24) is 10.0 Å². The number of rotatable bonds is 6. The van der Waals surface area contributed by atoms with Gasteiger partial charge in [0.05, 0.1) is 4.90 Å². The van der Waals surface area contributed by atoms with Crippen LogP contribution in [0.2, 0.25) is 0 Å². The van der Waals surface area contributed by atoms with Crippen molar-refractivity contribution in [2.24, 2.45) is 0 Å². The van der Waals surface area contributed by atoms with Crippen LogP contribution in [0, 0.1) is 13.8 Å². The third-order valence-corrected chi connectivity index (χ3v) is 5.06. The first-order valence-corrected chi connectivity index (χ1v) is 7.97. The lowest BCUT2D eigenvalue weighted by molar-refractivity contribution is 0.536. The van der Waals surface area contributed by atoms with Gasteiger partial charge in [0.1, 0.15) is 0 Å². The molecule has 0 aliphatic heterocycles. The predicted octanol–water partition coefficient (Wildman–Crippen LogP) is 2.06. The van der Waals surface area contributed by atoms with E-state index in [9.17, 15) is 8.42 Å². The second kappa shape index (κ2) is 7.45. The highest BCUT2D eigenvalue weighted by atomic mass is 35.5. The van der Waals surface area contributed by atoms with Crippen LogP contribution < -0.4 is 10.0 Å². The fourth-order valence-corrected chi connectivity index (χ4v) is 4.29. The summed E-state index contributed by atoms with van der Waals surface area (Å²) in [6, 6.07) is 1.86. The van der Waals surface area contributed by atoms with Crippen LogP contribution in [-0.2, 0) is 10.0 Å². The minimum atomic E-state index is -3.36. The van der Waals surface area contributed by atoms with Crippen LogP contribution in [-0.4, -0.2) is 27.5 Å². The number of hydrogen-bond donors (Lipinski definition) is 2. The Bertz CT molecular complexity index is 471. The molecule has 0 aliphatic carbocycles. The molecule has 0 bridgehead atoms. The van der Waals surface area contributed by atoms with Gasteiger partial charge in [-0.05, 0) is 33.4 Å². The van der Waals surface area contributed by atoms with Crippen LogP contribution in [0.3, 0.4) is 0 Å². The van der Waals surface area contributed by atoms with Crippen molar-refractivity contribution in [3.05, 3.63) is 15.8 Å². The molecule has 0 radical (unpaired) electrons. The molecule has 0 unspecified atom stereocenters. The van der Waals surface area contributed by atoms with E-state index in [1.54, 1.807) is 6.07 Å². The van der Waals surface area contributed by atoms with Crippen molar-refractivity contribution in [2.75, 3.05) is 13.1 Å². The standard InChI is InChI=1S/C11H20N2O2S2.ClH/c1-5-12-8(2)7-13-17(14,15)11-6-9(3)16-10(11)4;/h6,8,12-13H,5,7H2,1-4H3;1H/t8-;/m1./s1. The minimum Gasteiger partial charge on any atom is -0.313 e. The van der Waals surface area contributed by atoms with E-state index in [2.05, 4.69) is 10.0 Å². The zero-order valence-corrected chi connectivity index (χ0v) is 13.6. The van der Waals surface area contributed by atoms with E-state index in [-0.39, 0.29) is 18.4 Å². The van der Waals surface area contributed by atoms with Crippen molar-refractivity contribution < 1.29 is 8.42 Å². The van der Waals surface area contributed by atoms with Gasteiger partial charge in [-0.1, -0.05) is 6.92 Å². The van der Waals surface area contributed by atoms with Crippen molar-refractivity contribution in [1.29, 1.82) is 0 Å². The molecule has 0 saturated carbocycles. The Labute approximate surface area is 120 Å². The largest absolute Gasteiger partial charge is 0.313 e. The highest BCUT2D eigenvalue weighted by Gasteiger charge is 2.19. The summed E-state index contributed by atoms with van der Waals surface area (Å²) in [5.74, 6) is 0. The van der Waals surface area contributed by atoms with Gasteiger partial charge in [0.25, 0.3) is 0 Å². The molecule has 2 N–H and O–H groups in total. The first-order valence-electron chi connectivity index (χ1n) is 5.67. The smallest absolute Gasteiger partial charge is 0.241 e. The van der Waals surface area contributed by atoms with Gasteiger partial charge < -0.3 is 5.32 Å². The quantitative estimate of drug-likeness (QED) is 0.845. The summed E-state index contributed by atoms with van der Waals surface area (Å²) < 4.78 is 26.7. The molecule has 0 fully saturated rings. The number of sulfonamides is 1. The molecule has 7 heteroatoms. The van der Waals surface area contributed by atoms with E-state index >= 15 is 0 Å². The summed E-state index contributed by atoms with van der Waals surface area (Å²) in [7, 11) is -3.36. The molecule has 1 aromatic heterocycles. The molecule has 0 spiro atoms. The maximum Gasteiger partial charge on any atom is 0.241 e. The third kappa shape index (κ3) is 4.85. The lowest BCUT2D eigenvalue weighted by atomic mass is 10.3. The highest BCUT2D eigenvalue weighted by Crippen LogP contribution is 2.24. The molecule has 0 saturated heterocycles. The molecular weight excluding hydrogens is 292 g/mol. The van der Waals surface area contributed by atoms with E-state index < -0.39 is 10.0 Å². The molecule has 1 rings (SSSR count). The topological polar surface area (TPSA) is 58.2 Å². The number of halogens is 1. The lowest BCUT2D eigenvalue weighted by Gasteiger charge is -2.13. The van der Waals surface area contributed by atoms with Crippen molar-refractivity contribution in [3.63, 3.8) is 0 Å². The summed E-state index contributed by atoms with van der Waals surface area (Å²) in [5, 5.41) is 3.17. The van der Waals surface area contributed by atoms with Crippen LogP contribution in [0.4, 0.5) is 0 Å². The van der Waals surface area contributed by atoms with E-state index in [1.165, 1.54) is 11.3 Å². The SMILES string of the molecule is CCN[C@H](C)CNS(=O)(=O)c1cc(C)sc1C.Cl. The average molecular weight is 313 g/mol. The first-order chi connectivity index (χ1) is 7.86. The maximum atomic E-state index is 12.0. The van der Waals surface area contributed by atoms with Crippen LogP contribution in [0.1, 0.15) is 23.6 Å². The van der Waals surface area contributed by atoms with E-state index in [4.69, 9.17) is 0 Å². The summed E-state index contributed by atoms with van der Waals surface area (Å²) in [5.41, 5.74) is 0. The Balaban J connectivity index is 0.00000289. The number of thiophene rings is 1. The van der Waals surface area contributed by atoms with E-state index in [0.717, 1.165) is 16.3 Å². The molecule has 1 heterocycles. The van der Waals surface area contributed by atoms with Gasteiger partial charge in [0.2, 0.25) is 10.0 Å². The average Bonchev–Trinajstić information content (AvgIpc) is 2.56. The van der Waals surface area contributed by atoms with Crippen molar-refractivity contribution in [2.45, 2.75) is 38.6 Å². The monoisotopic (exact) mass is 312 g/mol. The summed E-state index contributed by atoms with van der Waals surface area (Å²) in [6.45, 7) is 8.94. The first kappa shape index (κ1) is 17.9. The Kier molecular flexibility index (Phi) is 7.39. The zero-order chi connectivity index (χ0) is 13.1. The number of likely N-dealkylation sites (N-methyl/N-ethyl adjacent to an activating group) is 1. The zero-order valence-electron chi connectivity index (χ0n) is 11.1. The Morgan fingerprint density at radius 1 is 1.39 bits per heavy atom. The summed E-state index contributed by atoms with van der Waals surface area (Å²) >= 11 is 1.51. The van der Waals surface area contributed by atoms with Crippen LogP contribution in [0.5, 0.6) is 0 Å². The second-order valence-corrected chi connectivity index (χ2v) is 7.28. The van der Waals surface area contributed by atoms with Gasteiger partial charge in [-0.15, -0.1) is 23.7 Å². The maximum absolute atomic E-state index is 12.0. The normalized spacial score (nSPS) is 13.1. The molecule has 0 aromatic carbocycles. The van der Waals surface area contributed by atoms with Gasteiger partial charge in [0, 0.05) is 22.3 Å². The number of hydrogen-bond acceptors (Lipinski definition) is 4. The molecule has 106 valence electrons. The fraction of sp³-hybridized carbons (Fsp3) is 0.636. The van der Waals surface area contributed by atoms with Crippen molar-refractivity contribution >= 4 is 33.8 Å². The Morgan fingerprint density at radius 2 is 2.00 bits per heavy atom. The highest BCUT2D eigenvalue weighted by molar-refractivity contribution is 7.89. The predicted molar refractivity (Wildman–Crippen MR) is 79.4 cm³/mol. The molecule has 1 atom stereocenters. The third-order valence-electron chi connectivity index (χ3n) is 2.42. The second-order valence-electron chi connectivity index (χ2n) is 4.09. The minimum absolute atomic E-state index is 0. The van der Waals surface area contributed by atoms with E-state index in [0.29, 0.717) is 11.4 Å². The van der Waals surface area contributed by atoms with E-state index in [1.807, 2.05) is 27.7 Å². The molecule has 0 amide bonds. The van der Waals surface area contributed by atoms with Gasteiger partial charge in [-0.3, -0.25) is 0 Å². The van der Waals surface area contributed by atoms with Crippen LogP contribution >= 0.6 is 23.7 Å². The lowest BCUT2D eigenvalue weighted by Crippen LogP contribution is -2.38. The fourth-order valence-electron chi connectivity index (χ4n) is 1.61. The molecule has 1 aromatic rings. The molecule has 4 nitrogen and oxygen atoms in total. The molecular formula is C11H21ClN2O2S2. The van der Waals surface area contributed by atoms with Crippen LogP contribution in [0.25, 0.3) is 0 Å². The summed E-state index contributed by atoms with van der Waals surface area (Å²) in [6.07, 6.45) is 0.